The minimum Gasteiger partial charge on any atom is -0.355 e. The van der Waals surface area contributed by atoms with Gasteiger partial charge in [0.05, 0.1) is 0 Å². The number of nitrogens with zero attached hydrogens (tertiary/aromatic N) is 3. The lowest BCUT2D eigenvalue weighted by atomic mass is 10.2. The summed E-state index contributed by atoms with van der Waals surface area (Å²) in [6.07, 6.45) is 2.67. The standard InChI is InChI=1S/C17H27FN4/c1-4-22(16-8-9-16)11-10-20-17(19-2)21(3)13-14-6-5-7-15(18)12-14/h5-7,12,16H,4,8-11,13H2,1-3H3,(H,19,20). The predicted octanol–water partition coefficient (Wildman–Crippen LogP) is 2.32. The maximum atomic E-state index is 13.2. The Morgan fingerprint density at radius 2 is 2.18 bits per heavy atom. The molecule has 0 heterocycles. The molecule has 1 saturated carbocycles. The highest BCUT2D eigenvalue weighted by atomic mass is 19.1. The van der Waals surface area contributed by atoms with Crippen molar-refractivity contribution >= 4 is 5.96 Å². The molecule has 0 amide bonds. The fraction of sp³-hybridized carbons (Fsp3) is 0.588. The number of halogens is 1. The Bertz CT molecular complexity index is 499. The van der Waals surface area contributed by atoms with Crippen LogP contribution in [0.3, 0.4) is 0 Å². The van der Waals surface area contributed by atoms with Gasteiger partial charge in [-0.15, -0.1) is 0 Å². The molecule has 1 aromatic rings. The lowest BCUT2D eigenvalue weighted by molar-refractivity contribution is 0.280. The highest BCUT2D eigenvalue weighted by Crippen LogP contribution is 2.25. The Balaban J connectivity index is 1.80. The SMILES string of the molecule is CCN(CCNC(=NC)N(C)Cc1cccc(F)c1)C1CC1. The first-order valence-electron chi connectivity index (χ1n) is 8.04. The average molecular weight is 306 g/mol. The van der Waals surface area contributed by atoms with Crippen LogP contribution in [0.4, 0.5) is 4.39 Å². The minimum atomic E-state index is -0.197. The summed E-state index contributed by atoms with van der Waals surface area (Å²) in [7, 11) is 3.75. The predicted molar refractivity (Wildman–Crippen MR) is 89.5 cm³/mol. The smallest absolute Gasteiger partial charge is 0.193 e. The zero-order valence-corrected chi connectivity index (χ0v) is 13.8. The molecule has 0 bridgehead atoms. The molecule has 4 nitrogen and oxygen atoms in total. The molecule has 1 aromatic carbocycles. The van der Waals surface area contributed by atoms with Gasteiger partial charge in [0.2, 0.25) is 0 Å². The van der Waals surface area contributed by atoms with E-state index >= 15 is 0 Å². The van der Waals surface area contributed by atoms with Crippen LogP contribution in [0.25, 0.3) is 0 Å². The fourth-order valence-electron chi connectivity index (χ4n) is 2.72. The van der Waals surface area contributed by atoms with Crippen LogP contribution in [-0.2, 0) is 6.54 Å². The van der Waals surface area contributed by atoms with Crippen molar-refractivity contribution in [3.05, 3.63) is 35.6 Å². The summed E-state index contributed by atoms with van der Waals surface area (Å²) < 4.78 is 13.2. The van der Waals surface area contributed by atoms with Gasteiger partial charge in [-0.2, -0.15) is 0 Å². The van der Waals surface area contributed by atoms with E-state index in [-0.39, 0.29) is 5.82 Å². The van der Waals surface area contributed by atoms with Crippen molar-refractivity contribution in [2.45, 2.75) is 32.4 Å². The summed E-state index contributed by atoms with van der Waals surface area (Å²) >= 11 is 0. The second-order valence-electron chi connectivity index (χ2n) is 5.82. The van der Waals surface area contributed by atoms with Gasteiger partial charge in [0.1, 0.15) is 5.82 Å². The zero-order valence-electron chi connectivity index (χ0n) is 13.8. The first kappa shape index (κ1) is 16.7. The fourth-order valence-corrected chi connectivity index (χ4v) is 2.72. The van der Waals surface area contributed by atoms with Gasteiger partial charge < -0.3 is 10.2 Å². The molecule has 122 valence electrons. The molecule has 0 aliphatic heterocycles. The van der Waals surface area contributed by atoms with Crippen molar-refractivity contribution in [1.82, 2.24) is 15.1 Å². The van der Waals surface area contributed by atoms with E-state index in [0.717, 1.165) is 37.2 Å². The van der Waals surface area contributed by atoms with Crippen molar-refractivity contribution in [2.24, 2.45) is 4.99 Å². The van der Waals surface area contributed by atoms with E-state index in [4.69, 9.17) is 0 Å². The molecule has 1 aliphatic carbocycles. The van der Waals surface area contributed by atoms with E-state index < -0.39 is 0 Å². The van der Waals surface area contributed by atoms with Gasteiger partial charge in [0.15, 0.2) is 5.96 Å². The number of likely N-dealkylation sites (N-methyl/N-ethyl adjacent to an activating group) is 1. The Kier molecular flexibility index (Phi) is 6.19. The van der Waals surface area contributed by atoms with Crippen LogP contribution in [0.5, 0.6) is 0 Å². The highest BCUT2D eigenvalue weighted by molar-refractivity contribution is 5.79. The number of hydrogen-bond acceptors (Lipinski definition) is 2. The number of benzene rings is 1. The summed E-state index contributed by atoms with van der Waals surface area (Å²) in [4.78, 5) is 8.83. The molecular weight excluding hydrogens is 279 g/mol. The average Bonchev–Trinajstić information content (AvgIpc) is 3.32. The Morgan fingerprint density at radius 1 is 1.41 bits per heavy atom. The molecule has 0 saturated heterocycles. The van der Waals surface area contributed by atoms with Gasteiger partial charge in [-0.1, -0.05) is 19.1 Å². The molecule has 1 fully saturated rings. The maximum absolute atomic E-state index is 13.2. The molecule has 0 atom stereocenters. The van der Waals surface area contributed by atoms with Gasteiger partial charge in [-0.3, -0.25) is 9.89 Å². The molecule has 1 N–H and O–H groups in total. The summed E-state index contributed by atoms with van der Waals surface area (Å²) in [5.41, 5.74) is 0.943. The molecule has 1 aliphatic rings. The van der Waals surface area contributed by atoms with E-state index in [1.165, 1.54) is 18.9 Å². The maximum Gasteiger partial charge on any atom is 0.193 e. The molecule has 5 heteroatoms. The number of guanidine groups is 1. The third kappa shape index (κ3) is 4.98. The van der Waals surface area contributed by atoms with Crippen LogP contribution >= 0.6 is 0 Å². The third-order valence-corrected chi connectivity index (χ3v) is 4.03. The molecular formula is C17H27FN4. The van der Waals surface area contributed by atoms with Gasteiger partial charge in [-0.25, -0.2) is 4.39 Å². The van der Waals surface area contributed by atoms with E-state index in [2.05, 4.69) is 22.1 Å². The molecule has 0 spiro atoms. The summed E-state index contributed by atoms with van der Waals surface area (Å²) in [6.45, 7) is 5.86. The van der Waals surface area contributed by atoms with Crippen molar-refractivity contribution in [3.8, 4) is 0 Å². The minimum absolute atomic E-state index is 0.197. The zero-order chi connectivity index (χ0) is 15.9. The molecule has 0 aromatic heterocycles. The second-order valence-corrected chi connectivity index (χ2v) is 5.82. The first-order chi connectivity index (χ1) is 10.6. The van der Waals surface area contributed by atoms with Crippen molar-refractivity contribution < 1.29 is 4.39 Å². The topological polar surface area (TPSA) is 30.9 Å². The van der Waals surface area contributed by atoms with Crippen LogP contribution < -0.4 is 5.32 Å². The van der Waals surface area contributed by atoms with Crippen molar-refractivity contribution in [1.29, 1.82) is 0 Å². The molecule has 2 rings (SSSR count). The lowest BCUT2D eigenvalue weighted by Gasteiger charge is -2.24. The van der Waals surface area contributed by atoms with Crippen LogP contribution in [0.1, 0.15) is 25.3 Å². The van der Waals surface area contributed by atoms with E-state index in [1.807, 2.05) is 18.0 Å². The lowest BCUT2D eigenvalue weighted by Crippen LogP contribution is -2.42. The van der Waals surface area contributed by atoms with Gasteiger partial charge >= 0.3 is 0 Å². The number of aliphatic imine (C=N–C) groups is 1. The Hall–Kier alpha value is -1.62. The number of rotatable bonds is 7. The summed E-state index contributed by atoms with van der Waals surface area (Å²) in [5.74, 6) is 0.646. The highest BCUT2D eigenvalue weighted by Gasteiger charge is 2.27. The van der Waals surface area contributed by atoms with Gasteiger partial charge in [0, 0.05) is 39.8 Å². The summed E-state index contributed by atoms with van der Waals surface area (Å²) in [6, 6.07) is 7.49. The Labute approximate surface area is 133 Å². The monoisotopic (exact) mass is 306 g/mol. The van der Waals surface area contributed by atoms with Gasteiger partial charge in [-0.05, 0) is 37.1 Å². The number of nitrogens with one attached hydrogen (secondary N) is 1. The van der Waals surface area contributed by atoms with E-state index in [9.17, 15) is 4.39 Å². The summed E-state index contributed by atoms with van der Waals surface area (Å²) in [5, 5.41) is 3.39. The van der Waals surface area contributed by atoms with Gasteiger partial charge in [0.25, 0.3) is 0 Å². The molecule has 0 unspecified atom stereocenters. The third-order valence-electron chi connectivity index (χ3n) is 4.03. The normalized spacial score (nSPS) is 15.2. The molecule has 0 radical (unpaired) electrons. The first-order valence-corrected chi connectivity index (χ1v) is 8.04. The quantitative estimate of drug-likeness (QED) is 0.619. The van der Waals surface area contributed by atoms with Crippen LogP contribution in [0.2, 0.25) is 0 Å². The Morgan fingerprint density at radius 3 is 2.77 bits per heavy atom. The largest absolute Gasteiger partial charge is 0.355 e. The van der Waals surface area contributed by atoms with Crippen LogP contribution in [0, 0.1) is 5.82 Å². The molecule has 22 heavy (non-hydrogen) atoms. The number of hydrogen-bond donors (Lipinski definition) is 1. The van der Waals surface area contributed by atoms with Crippen molar-refractivity contribution in [3.63, 3.8) is 0 Å². The van der Waals surface area contributed by atoms with Crippen LogP contribution in [-0.4, -0.2) is 55.5 Å². The second kappa shape index (κ2) is 8.13. The van der Waals surface area contributed by atoms with Crippen LogP contribution in [0.15, 0.2) is 29.3 Å². The van der Waals surface area contributed by atoms with E-state index in [0.29, 0.717) is 6.54 Å². The van der Waals surface area contributed by atoms with E-state index in [1.54, 1.807) is 19.2 Å². The van der Waals surface area contributed by atoms with Crippen molar-refractivity contribution in [2.75, 3.05) is 33.7 Å².